The molecule has 3 aromatic rings. The molecule has 2 aliphatic rings. The van der Waals surface area contributed by atoms with Gasteiger partial charge in [0.1, 0.15) is 17.0 Å². The fourth-order valence-corrected chi connectivity index (χ4v) is 5.86. The van der Waals surface area contributed by atoms with Crippen LogP contribution >= 0.6 is 11.3 Å². The number of fused-ring (bicyclic) bond motifs is 5. The number of pyridine rings is 1. The molecule has 5 heterocycles. The highest BCUT2D eigenvalue weighted by Crippen LogP contribution is 2.43. The summed E-state index contributed by atoms with van der Waals surface area (Å²) >= 11 is 1.76. The zero-order valence-electron chi connectivity index (χ0n) is 18.7. The van der Waals surface area contributed by atoms with Crippen LogP contribution in [0.3, 0.4) is 0 Å². The van der Waals surface area contributed by atoms with E-state index in [2.05, 4.69) is 44.5 Å². The molecule has 3 aromatic heterocycles. The summed E-state index contributed by atoms with van der Waals surface area (Å²) in [5.74, 6) is 1.63. The maximum Gasteiger partial charge on any atom is 0.150 e. The molecule has 5 rings (SSSR count). The van der Waals surface area contributed by atoms with E-state index in [0.29, 0.717) is 12.5 Å². The average molecular weight is 426 g/mol. The Hall–Kier alpha value is -1.83. The molecule has 160 valence electrons. The van der Waals surface area contributed by atoms with Crippen molar-refractivity contribution in [3.05, 3.63) is 23.1 Å². The van der Waals surface area contributed by atoms with Gasteiger partial charge < -0.3 is 14.5 Å². The minimum Gasteiger partial charge on any atom is -0.370 e. The van der Waals surface area contributed by atoms with Gasteiger partial charge in [-0.2, -0.15) is 0 Å². The monoisotopic (exact) mass is 425 g/mol. The molecule has 6 nitrogen and oxygen atoms in total. The highest BCUT2D eigenvalue weighted by molar-refractivity contribution is 7.26. The lowest BCUT2D eigenvalue weighted by Gasteiger charge is -2.33. The molecule has 1 fully saturated rings. The van der Waals surface area contributed by atoms with Crippen molar-refractivity contribution in [1.82, 2.24) is 19.9 Å². The fraction of sp³-hybridized carbons (Fsp3) is 0.609. The first-order valence-corrected chi connectivity index (χ1v) is 11.8. The van der Waals surface area contributed by atoms with Crippen LogP contribution in [0, 0.1) is 5.92 Å². The number of rotatable bonds is 3. The van der Waals surface area contributed by atoms with Gasteiger partial charge in [0.25, 0.3) is 0 Å². The van der Waals surface area contributed by atoms with E-state index in [4.69, 9.17) is 19.7 Å². The molecule has 7 heteroatoms. The Bertz CT molecular complexity index is 1100. The number of aromatic nitrogens is 3. The summed E-state index contributed by atoms with van der Waals surface area (Å²) in [4.78, 5) is 20.5. The normalized spacial score (nSPS) is 19.7. The van der Waals surface area contributed by atoms with Gasteiger partial charge in [-0.25, -0.2) is 15.0 Å². The van der Waals surface area contributed by atoms with Crippen LogP contribution in [0.1, 0.15) is 44.5 Å². The lowest BCUT2D eigenvalue weighted by atomic mass is 9.88. The lowest BCUT2D eigenvalue weighted by molar-refractivity contribution is -0.0402. The second-order valence-corrected chi connectivity index (χ2v) is 10.8. The third-order valence-corrected chi connectivity index (χ3v) is 7.37. The Balaban J connectivity index is 1.72. The maximum atomic E-state index is 6.20. The molecule has 1 saturated heterocycles. The van der Waals surface area contributed by atoms with Crippen LogP contribution < -0.4 is 4.90 Å². The van der Waals surface area contributed by atoms with Crippen LogP contribution in [0.5, 0.6) is 0 Å². The lowest BCUT2D eigenvalue weighted by Crippen LogP contribution is -2.44. The van der Waals surface area contributed by atoms with E-state index in [1.807, 2.05) is 0 Å². The number of hydrogen-bond donors (Lipinski definition) is 0. The quantitative estimate of drug-likeness (QED) is 0.631. The van der Waals surface area contributed by atoms with E-state index < -0.39 is 0 Å². The van der Waals surface area contributed by atoms with Gasteiger partial charge in [-0.15, -0.1) is 11.3 Å². The van der Waals surface area contributed by atoms with Crippen molar-refractivity contribution >= 4 is 37.6 Å². The van der Waals surface area contributed by atoms with E-state index in [1.165, 1.54) is 26.9 Å². The first-order chi connectivity index (χ1) is 14.3. The predicted molar refractivity (Wildman–Crippen MR) is 124 cm³/mol. The molecule has 0 amide bonds. The number of piperazine rings is 1. The smallest absolute Gasteiger partial charge is 0.150 e. The second kappa shape index (κ2) is 7.39. The van der Waals surface area contributed by atoms with Crippen molar-refractivity contribution in [3.63, 3.8) is 0 Å². The predicted octanol–water partition coefficient (Wildman–Crippen LogP) is 4.04. The van der Waals surface area contributed by atoms with E-state index in [9.17, 15) is 0 Å². The van der Waals surface area contributed by atoms with Gasteiger partial charge in [0, 0.05) is 49.2 Å². The van der Waals surface area contributed by atoms with Crippen molar-refractivity contribution in [3.8, 4) is 0 Å². The zero-order valence-corrected chi connectivity index (χ0v) is 19.5. The first kappa shape index (κ1) is 20.1. The highest BCUT2D eigenvalue weighted by Gasteiger charge is 2.32. The van der Waals surface area contributed by atoms with E-state index in [1.54, 1.807) is 17.7 Å². The molecule has 0 N–H and O–H groups in total. The van der Waals surface area contributed by atoms with Gasteiger partial charge in [-0.1, -0.05) is 13.8 Å². The van der Waals surface area contributed by atoms with Gasteiger partial charge in [0.2, 0.25) is 0 Å². The second-order valence-electron chi connectivity index (χ2n) is 9.79. The minimum absolute atomic E-state index is 0.169. The number of anilines is 1. The third-order valence-electron chi connectivity index (χ3n) is 6.30. The third kappa shape index (κ3) is 3.47. The van der Waals surface area contributed by atoms with Gasteiger partial charge in [0.05, 0.1) is 22.4 Å². The summed E-state index contributed by atoms with van der Waals surface area (Å²) in [7, 11) is 2.18. The highest BCUT2D eigenvalue weighted by atomic mass is 32.1. The maximum absolute atomic E-state index is 6.20. The number of thiophene rings is 1. The molecule has 0 spiro atoms. The summed E-state index contributed by atoms with van der Waals surface area (Å²) in [6, 6.07) is 0. The van der Waals surface area contributed by atoms with E-state index in [-0.39, 0.29) is 5.60 Å². The minimum atomic E-state index is -0.169. The summed E-state index contributed by atoms with van der Waals surface area (Å²) < 4.78 is 7.38. The van der Waals surface area contributed by atoms with Crippen LogP contribution in [-0.2, 0) is 24.2 Å². The van der Waals surface area contributed by atoms with E-state index >= 15 is 0 Å². The van der Waals surface area contributed by atoms with Gasteiger partial charge in [0.15, 0.2) is 0 Å². The molecule has 0 aromatic carbocycles. The van der Waals surface area contributed by atoms with Gasteiger partial charge in [-0.05, 0) is 38.8 Å². The van der Waals surface area contributed by atoms with E-state index in [0.717, 1.165) is 55.2 Å². The van der Waals surface area contributed by atoms with Crippen molar-refractivity contribution in [2.45, 2.75) is 52.7 Å². The summed E-state index contributed by atoms with van der Waals surface area (Å²) in [5, 5.41) is 1.23. The zero-order chi connectivity index (χ0) is 21.0. The summed E-state index contributed by atoms with van der Waals surface area (Å²) in [6.07, 6.45) is 3.61. The van der Waals surface area contributed by atoms with Crippen LogP contribution in [0.2, 0.25) is 0 Å². The van der Waals surface area contributed by atoms with Crippen molar-refractivity contribution in [2.24, 2.45) is 5.92 Å². The summed E-state index contributed by atoms with van der Waals surface area (Å²) in [5.41, 5.74) is 4.77. The Labute approximate surface area is 182 Å². The van der Waals surface area contributed by atoms with Crippen molar-refractivity contribution in [2.75, 3.05) is 38.1 Å². The Morgan fingerprint density at radius 1 is 1.13 bits per heavy atom. The average Bonchev–Trinajstić information content (AvgIpc) is 3.06. The van der Waals surface area contributed by atoms with Gasteiger partial charge in [-0.3, -0.25) is 0 Å². The molecule has 0 unspecified atom stereocenters. The molecular weight excluding hydrogens is 394 g/mol. The Morgan fingerprint density at radius 2 is 1.90 bits per heavy atom. The Morgan fingerprint density at radius 3 is 2.63 bits per heavy atom. The SMILES string of the molecule is CC(C)Cc1nc2sc3c(N4CCN(C)CC4)ncnc3c2c2c1COC(C)(C)C2. The van der Waals surface area contributed by atoms with Crippen LogP contribution in [0.25, 0.3) is 20.4 Å². The molecule has 0 atom stereocenters. The molecule has 0 aliphatic carbocycles. The number of likely N-dealkylation sites (N-methyl/N-ethyl adjacent to an activating group) is 1. The number of ether oxygens (including phenoxy) is 1. The Kier molecular flexibility index (Phi) is 4.95. The molecule has 0 radical (unpaired) electrons. The standard InChI is InChI=1S/C23H31N5OS/c1-14(2)10-17-16-12-29-23(3,4)11-15(16)18-19-20(30-22(18)26-17)21(25-13-24-19)28-8-6-27(5)7-9-28/h13-14H,6-12H2,1-5H3. The van der Waals surface area contributed by atoms with Crippen molar-refractivity contribution < 1.29 is 4.74 Å². The number of hydrogen-bond acceptors (Lipinski definition) is 7. The fourth-order valence-electron chi connectivity index (χ4n) is 4.66. The van der Waals surface area contributed by atoms with Crippen molar-refractivity contribution in [1.29, 1.82) is 0 Å². The van der Waals surface area contributed by atoms with Crippen LogP contribution in [-0.4, -0.2) is 58.7 Å². The molecule has 0 saturated carbocycles. The van der Waals surface area contributed by atoms with Crippen LogP contribution in [0.4, 0.5) is 5.82 Å². The first-order valence-electron chi connectivity index (χ1n) is 11.0. The molecule has 2 aliphatic heterocycles. The molecule has 0 bridgehead atoms. The summed E-state index contributed by atoms with van der Waals surface area (Å²) in [6.45, 7) is 13.7. The topological polar surface area (TPSA) is 54.4 Å². The molecule has 30 heavy (non-hydrogen) atoms. The van der Waals surface area contributed by atoms with Crippen LogP contribution in [0.15, 0.2) is 6.33 Å². The number of nitrogens with zero attached hydrogens (tertiary/aromatic N) is 5. The molecular formula is C23H31N5OS. The van der Waals surface area contributed by atoms with Gasteiger partial charge >= 0.3 is 0 Å². The largest absolute Gasteiger partial charge is 0.370 e.